The first-order chi connectivity index (χ1) is 17.0. The topological polar surface area (TPSA) is 71.1 Å². The molecular formula is C27H37N3O4S. The van der Waals surface area contributed by atoms with E-state index in [4.69, 9.17) is 9.47 Å². The quantitative estimate of drug-likeness (QED) is 0.517. The van der Waals surface area contributed by atoms with E-state index in [0.717, 1.165) is 24.4 Å². The van der Waals surface area contributed by atoms with Gasteiger partial charge in [0.15, 0.2) is 11.5 Å². The molecule has 0 saturated carbocycles. The van der Waals surface area contributed by atoms with Crippen molar-refractivity contribution in [3.05, 3.63) is 45.6 Å². The zero-order valence-corrected chi connectivity index (χ0v) is 22.0. The molecule has 3 heterocycles. The summed E-state index contributed by atoms with van der Waals surface area (Å²) in [5.41, 5.74) is 1.17. The van der Waals surface area contributed by atoms with Crippen molar-refractivity contribution < 1.29 is 19.1 Å². The van der Waals surface area contributed by atoms with Crippen LogP contribution < -0.4 is 14.8 Å². The van der Waals surface area contributed by atoms with E-state index >= 15 is 0 Å². The maximum absolute atomic E-state index is 13.7. The van der Waals surface area contributed by atoms with Crippen LogP contribution in [-0.4, -0.2) is 68.6 Å². The Bertz CT molecular complexity index is 1030. The van der Waals surface area contributed by atoms with E-state index in [1.165, 1.54) is 25.7 Å². The number of nitrogens with one attached hydrogen (secondary N) is 1. The molecule has 1 aromatic heterocycles. The van der Waals surface area contributed by atoms with Gasteiger partial charge in [-0.25, -0.2) is 0 Å². The second kappa shape index (κ2) is 11.4. The molecule has 0 unspecified atom stereocenters. The highest BCUT2D eigenvalue weighted by Crippen LogP contribution is 2.46. The van der Waals surface area contributed by atoms with Gasteiger partial charge in [0, 0.05) is 36.6 Å². The molecule has 2 aliphatic rings. The number of amides is 2. The number of benzene rings is 1. The summed E-state index contributed by atoms with van der Waals surface area (Å²) >= 11 is 1.56. The lowest BCUT2D eigenvalue weighted by Crippen LogP contribution is -2.46. The van der Waals surface area contributed by atoms with Gasteiger partial charge in [-0.1, -0.05) is 19.4 Å². The van der Waals surface area contributed by atoms with Crippen molar-refractivity contribution in [2.75, 3.05) is 40.9 Å². The van der Waals surface area contributed by atoms with Crippen LogP contribution in [0.2, 0.25) is 0 Å². The highest BCUT2D eigenvalue weighted by molar-refractivity contribution is 7.10. The summed E-state index contributed by atoms with van der Waals surface area (Å²) in [5, 5.41) is 5.17. The first-order valence-corrected chi connectivity index (χ1v) is 13.5. The summed E-state index contributed by atoms with van der Waals surface area (Å²) in [5.74, 6) is 0.265. The number of carbonyl (C=O) groups excluding carboxylic acids is 2. The summed E-state index contributed by atoms with van der Waals surface area (Å²) in [4.78, 5) is 32.3. The highest BCUT2D eigenvalue weighted by atomic mass is 32.1. The summed E-state index contributed by atoms with van der Waals surface area (Å²) in [6.07, 6.45) is 5.94. The molecule has 35 heavy (non-hydrogen) atoms. The van der Waals surface area contributed by atoms with Crippen molar-refractivity contribution in [1.29, 1.82) is 0 Å². The summed E-state index contributed by atoms with van der Waals surface area (Å²) in [6, 6.07) is 7.73. The molecule has 2 amide bonds. The van der Waals surface area contributed by atoms with Gasteiger partial charge in [0.25, 0.3) is 5.91 Å². The van der Waals surface area contributed by atoms with E-state index in [-0.39, 0.29) is 17.9 Å². The number of piperidine rings is 1. The fraction of sp³-hybridized carbons (Fsp3) is 0.556. The fourth-order valence-electron chi connectivity index (χ4n) is 5.57. The lowest BCUT2D eigenvalue weighted by molar-refractivity contribution is -0.124. The van der Waals surface area contributed by atoms with E-state index < -0.39 is 5.92 Å². The molecule has 4 rings (SSSR count). The van der Waals surface area contributed by atoms with Crippen LogP contribution in [0.4, 0.5) is 0 Å². The summed E-state index contributed by atoms with van der Waals surface area (Å²) in [7, 11) is 4.89. The smallest absolute Gasteiger partial charge is 0.254 e. The molecule has 2 aliphatic heterocycles. The largest absolute Gasteiger partial charge is 0.493 e. The maximum Gasteiger partial charge on any atom is 0.254 e. The van der Waals surface area contributed by atoms with Crippen molar-refractivity contribution in [2.45, 2.75) is 57.0 Å². The molecular weight excluding hydrogens is 462 g/mol. The van der Waals surface area contributed by atoms with Crippen molar-refractivity contribution in [3.63, 3.8) is 0 Å². The molecule has 0 aliphatic carbocycles. The number of carbonyl (C=O) groups is 2. The predicted molar refractivity (Wildman–Crippen MR) is 139 cm³/mol. The molecule has 3 atom stereocenters. The first kappa shape index (κ1) is 25.5. The number of nitrogens with zero attached hydrogens (tertiary/aromatic N) is 2. The highest BCUT2D eigenvalue weighted by Gasteiger charge is 2.44. The van der Waals surface area contributed by atoms with Gasteiger partial charge < -0.3 is 24.6 Å². The number of likely N-dealkylation sites (tertiary alicyclic amines) is 1. The standard InChI is InChI=1S/C27H37N3O4S/c1-5-18-10-6-7-13-30(18)14-9-12-28-26(31)24-19-16-21(33-3)22(34-4)17-20(19)27(32)29(2)25(24)23-11-8-15-35-23/h8,11,15-18,24-25H,5-7,9-10,12-14H2,1-4H3,(H,28,31)/t18-,24-,25+/m1/s1. The molecule has 2 aromatic rings. The third kappa shape index (κ3) is 5.19. The van der Waals surface area contributed by atoms with Gasteiger partial charge in [0.05, 0.1) is 26.2 Å². The van der Waals surface area contributed by atoms with E-state index in [1.54, 1.807) is 49.6 Å². The Morgan fingerprint density at radius 2 is 1.97 bits per heavy atom. The molecule has 190 valence electrons. The second-order valence-electron chi connectivity index (χ2n) is 9.39. The lowest BCUT2D eigenvalue weighted by atomic mass is 9.81. The number of hydrogen-bond donors (Lipinski definition) is 1. The molecule has 0 radical (unpaired) electrons. The zero-order valence-electron chi connectivity index (χ0n) is 21.2. The molecule has 0 spiro atoms. The lowest BCUT2D eigenvalue weighted by Gasteiger charge is -2.39. The molecule has 1 saturated heterocycles. The molecule has 8 heteroatoms. The van der Waals surface area contributed by atoms with Gasteiger partial charge in [0.1, 0.15) is 0 Å². The number of ether oxygens (including phenoxy) is 2. The monoisotopic (exact) mass is 499 g/mol. The van der Waals surface area contributed by atoms with Gasteiger partial charge in [-0.05, 0) is 61.4 Å². The number of rotatable bonds is 9. The van der Waals surface area contributed by atoms with Crippen LogP contribution in [0.25, 0.3) is 0 Å². The van der Waals surface area contributed by atoms with Crippen LogP contribution in [0.5, 0.6) is 11.5 Å². The molecule has 7 nitrogen and oxygen atoms in total. The van der Waals surface area contributed by atoms with Crippen molar-refractivity contribution in [2.24, 2.45) is 0 Å². The Morgan fingerprint density at radius 3 is 2.66 bits per heavy atom. The second-order valence-corrected chi connectivity index (χ2v) is 10.4. The minimum atomic E-state index is -0.537. The van der Waals surface area contributed by atoms with Gasteiger partial charge >= 0.3 is 0 Å². The SMILES string of the molecule is CC[C@@H]1CCCCN1CCCNC(=O)[C@@H]1c2cc(OC)c(OC)cc2C(=O)N(C)[C@H]1c1cccs1. The van der Waals surface area contributed by atoms with Crippen LogP contribution in [0.1, 0.15) is 71.8 Å². The zero-order chi connectivity index (χ0) is 24.9. The van der Waals surface area contributed by atoms with Crippen LogP contribution >= 0.6 is 11.3 Å². The third-order valence-corrected chi connectivity index (χ3v) is 8.38. The average molecular weight is 500 g/mol. The summed E-state index contributed by atoms with van der Waals surface area (Å²) in [6.45, 7) is 5.02. The van der Waals surface area contributed by atoms with E-state index in [2.05, 4.69) is 17.1 Å². The molecule has 1 fully saturated rings. The minimum absolute atomic E-state index is 0.0677. The Balaban J connectivity index is 1.57. The van der Waals surface area contributed by atoms with Crippen LogP contribution in [0, 0.1) is 0 Å². The number of likely N-dealkylation sites (N-methyl/N-ethyl adjacent to an activating group) is 1. The molecule has 0 bridgehead atoms. The number of methoxy groups -OCH3 is 2. The normalized spacial score (nSPS) is 22.6. The molecule has 1 N–H and O–H groups in total. The Morgan fingerprint density at radius 1 is 1.20 bits per heavy atom. The third-order valence-electron chi connectivity index (χ3n) is 7.43. The van der Waals surface area contributed by atoms with Gasteiger partial charge in [0.2, 0.25) is 5.91 Å². The van der Waals surface area contributed by atoms with Gasteiger partial charge in [-0.3, -0.25) is 9.59 Å². The molecule has 1 aromatic carbocycles. The van der Waals surface area contributed by atoms with Crippen LogP contribution in [0.3, 0.4) is 0 Å². The van der Waals surface area contributed by atoms with Crippen molar-refractivity contribution in [1.82, 2.24) is 15.1 Å². The van der Waals surface area contributed by atoms with Crippen LogP contribution in [0.15, 0.2) is 29.6 Å². The van der Waals surface area contributed by atoms with Crippen molar-refractivity contribution in [3.8, 4) is 11.5 Å². The fourth-order valence-corrected chi connectivity index (χ4v) is 6.47. The first-order valence-electron chi connectivity index (χ1n) is 12.6. The predicted octanol–water partition coefficient (Wildman–Crippen LogP) is 4.45. The van der Waals surface area contributed by atoms with E-state index in [9.17, 15) is 9.59 Å². The minimum Gasteiger partial charge on any atom is -0.493 e. The van der Waals surface area contributed by atoms with Crippen molar-refractivity contribution >= 4 is 23.2 Å². The summed E-state index contributed by atoms with van der Waals surface area (Å²) < 4.78 is 11.0. The maximum atomic E-state index is 13.7. The van der Waals surface area contributed by atoms with Crippen LogP contribution in [-0.2, 0) is 4.79 Å². The van der Waals surface area contributed by atoms with Gasteiger partial charge in [-0.2, -0.15) is 0 Å². The average Bonchev–Trinajstić information content (AvgIpc) is 3.42. The van der Waals surface area contributed by atoms with Gasteiger partial charge in [-0.15, -0.1) is 11.3 Å². The number of hydrogen-bond acceptors (Lipinski definition) is 6. The Labute approximate surface area is 212 Å². The number of fused-ring (bicyclic) bond motifs is 1. The van der Waals surface area contributed by atoms with E-state index in [0.29, 0.717) is 35.2 Å². The Kier molecular flexibility index (Phi) is 8.34. The Hall–Kier alpha value is -2.58. The van der Waals surface area contributed by atoms with E-state index in [1.807, 2.05) is 17.5 Å². The number of thiophene rings is 1.